The van der Waals surface area contributed by atoms with Crippen molar-refractivity contribution < 1.29 is 4.74 Å². The van der Waals surface area contributed by atoms with E-state index in [1.54, 1.807) is 0 Å². The van der Waals surface area contributed by atoms with E-state index in [1.165, 1.54) is 31.2 Å². The first-order valence-corrected chi connectivity index (χ1v) is 7.29. The van der Waals surface area contributed by atoms with Crippen LogP contribution < -0.4 is 5.73 Å². The van der Waals surface area contributed by atoms with Gasteiger partial charge >= 0.3 is 0 Å². The number of benzene rings is 1. The normalized spacial score (nSPS) is 33.1. The highest BCUT2D eigenvalue weighted by atomic mass is 16.5. The van der Waals surface area contributed by atoms with Crippen LogP contribution in [0.4, 0.5) is 0 Å². The van der Waals surface area contributed by atoms with Gasteiger partial charge in [-0.15, -0.1) is 0 Å². The molecule has 2 nitrogen and oxygen atoms in total. The molecule has 0 bridgehead atoms. The van der Waals surface area contributed by atoms with Gasteiger partial charge in [-0.1, -0.05) is 30.3 Å². The average Bonchev–Trinajstić information content (AvgIpc) is 2.37. The Morgan fingerprint density at radius 3 is 2.44 bits per heavy atom. The minimum atomic E-state index is 0.241. The molecule has 0 saturated heterocycles. The van der Waals surface area contributed by atoms with E-state index >= 15 is 0 Å². The number of nitrogens with two attached hydrogens (primary N) is 1. The van der Waals surface area contributed by atoms with Gasteiger partial charge in [-0.2, -0.15) is 0 Å². The topological polar surface area (TPSA) is 35.2 Å². The summed E-state index contributed by atoms with van der Waals surface area (Å²) in [5, 5.41) is 0. The first-order valence-electron chi connectivity index (χ1n) is 7.29. The average molecular weight is 245 g/mol. The van der Waals surface area contributed by atoms with Crippen LogP contribution in [0.25, 0.3) is 0 Å². The third-order valence-corrected chi connectivity index (χ3v) is 4.53. The van der Waals surface area contributed by atoms with Gasteiger partial charge in [-0.3, -0.25) is 0 Å². The van der Waals surface area contributed by atoms with Crippen LogP contribution >= 0.6 is 0 Å². The summed E-state index contributed by atoms with van der Waals surface area (Å²) >= 11 is 0. The van der Waals surface area contributed by atoms with E-state index in [4.69, 9.17) is 10.5 Å². The molecule has 3 atom stereocenters. The van der Waals surface area contributed by atoms with Crippen LogP contribution in [0, 0.1) is 0 Å². The third-order valence-electron chi connectivity index (χ3n) is 4.53. The predicted octanol–water partition coefficient (Wildman–Crippen LogP) is 3.22. The van der Waals surface area contributed by atoms with Crippen molar-refractivity contribution in [3.63, 3.8) is 0 Å². The lowest BCUT2D eigenvalue weighted by atomic mass is 9.80. The highest BCUT2D eigenvalue weighted by Gasteiger charge is 2.32. The predicted molar refractivity (Wildman–Crippen MR) is 73.5 cm³/mol. The SMILES string of the molecule is NC1CCC(c2ccccc2)CC1OC1CCC1. The molecule has 1 aromatic carbocycles. The van der Waals surface area contributed by atoms with Gasteiger partial charge in [-0.25, -0.2) is 0 Å². The molecular formula is C16H23NO. The monoisotopic (exact) mass is 245 g/mol. The van der Waals surface area contributed by atoms with E-state index in [0.29, 0.717) is 12.0 Å². The Morgan fingerprint density at radius 1 is 1.00 bits per heavy atom. The van der Waals surface area contributed by atoms with Crippen molar-refractivity contribution in [2.45, 2.75) is 62.7 Å². The molecule has 0 radical (unpaired) electrons. The van der Waals surface area contributed by atoms with Gasteiger partial charge in [0.1, 0.15) is 0 Å². The van der Waals surface area contributed by atoms with Gasteiger partial charge in [0.15, 0.2) is 0 Å². The molecule has 3 unspecified atom stereocenters. The summed E-state index contributed by atoms with van der Waals surface area (Å²) in [5.41, 5.74) is 7.67. The standard InChI is InChI=1S/C16H23NO/c17-15-10-9-13(12-5-2-1-3-6-12)11-16(15)18-14-7-4-8-14/h1-3,5-6,13-16H,4,7-11,17H2. The zero-order valence-electron chi connectivity index (χ0n) is 10.9. The van der Waals surface area contributed by atoms with Crippen molar-refractivity contribution in [1.29, 1.82) is 0 Å². The number of rotatable bonds is 3. The summed E-state index contributed by atoms with van der Waals surface area (Å²) in [6.07, 6.45) is 7.96. The van der Waals surface area contributed by atoms with Gasteiger partial charge in [0, 0.05) is 6.04 Å². The van der Waals surface area contributed by atoms with Crippen molar-refractivity contribution in [2.24, 2.45) is 5.73 Å². The van der Waals surface area contributed by atoms with E-state index in [-0.39, 0.29) is 12.1 Å². The maximum absolute atomic E-state index is 6.22. The van der Waals surface area contributed by atoms with Crippen LogP contribution in [0.2, 0.25) is 0 Å². The minimum Gasteiger partial charge on any atom is -0.373 e. The van der Waals surface area contributed by atoms with E-state index in [1.807, 2.05) is 0 Å². The molecule has 2 fully saturated rings. The molecule has 0 spiro atoms. The molecule has 2 saturated carbocycles. The summed E-state index contributed by atoms with van der Waals surface area (Å²) in [4.78, 5) is 0. The molecule has 0 heterocycles. The van der Waals surface area contributed by atoms with Crippen LogP contribution in [0.5, 0.6) is 0 Å². The maximum atomic E-state index is 6.22. The number of hydrogen-bond donors (Lipinski definition) is 1. The molecule has 98 valence electrons. The number of ether oxygens (including phenoxy) is 1. The summed E-state index contributed by atoms with van der Waals surface area (Å²) < 4.78 is 6.17. The Labute approximate surface area is 110 Å². The zero-order valence-corrected chi connectivity index (χ0v) is 10.9. The molecule has 2 aliphatic carbocycles. The second-order valence-electron chi connectivity index (χ2n) is 5.81. The van der Waals surface area contributed by atoms with Crippen molar-refractivity contribution >= 4 is 0 Å². The summed E-state index contributed by atoms with van der Waals surface area (Å²) in [6.45, 7) is 0. The Kier molecular flexibility index (Phi) is 3.67. The second kappa shape index (κ2) is 5.41. The van der Waals surface area contributed by atoms with Crippen molar-refractivity contribution in [3.05, 3.63) is 35.9 Å². The van der Waals surface area contributed by atoms with E-state index in [0.717, 1.165) is 12.8 Å². The lowest BCUT2D eigenvalue weighted by Crippen LogP contribution is -2.44. The van der Waals surface area contributed by atoms with Gasteiger partial charge in [0.2, 0.25) is 0 Å². The third kappa shape index (κ3) is 2.60. The largest absolute Gasteiger partial charge is 0.373 e. The van der Waals surface area contributed by atoms with Gasteiger partial charge in [0.25, 0.3) is 0 Å². The Morgan fingerprint density at radius 2 is 1.78 bits per heavy atom. The molecule has 0 aromatic heterocycles. The van der Waals surface area contributed by atoms with E-state index in [9.17, 15) is 0 Å². The molecule has 0 amide bonds. The van der Waals surface area contributed by atoms with Gasteiger partial charge in [0.05, 0.1) is 12.2 Å². The van der Waals surface area contributed by atoms with E-state index < -0.39 is 0 Å². The molecule has 1 aromatic rings. The highest BCUT2D eigenvalue weighted by molar-refractivity contribution is 5.20. The van der Waals surface area contributed by atoms with Crippen LogP contribution in [0.3, 0.4) is 0 Å². The Bertz CT molecular complexity index is 374. The second-order valence-corrected chi connectivity index (χ2v) is 5.81. The summed E-state index contributed by atoms with van der Waals surface area (Å²) in [6, 6.07) is 11.1. The van der Waals surface area contributed by atoms with Crippen LogP contribution in [0.1, 0.15) is 50.0 Å². The molecule has 2 heteroatoms. The van der Waals surface area contributed by atoms with Crippen molar-refractivity contribution in [1.82, 2.24) is 0 Å². The molecular weight excluding hydrogens is 222 g/mol. The van der Waals surface area contributed by atoms with Crippen molar-refractivity contribution in [3.8, 4) is 0 Å². The zero-order chi connectivity index (χ0) is 12.4. The van der Waals surface area contributed by atoms with Crippen LogP contribution in [0.15, 0.2) is 30.3 Å². The molecule has 2 N–H and O–H groups in total. The van der Waals surface area contributed by atoms with Gasteiger partial charge < -0.3 is 10.5 Å². The smallest absolute Gasteiger partial charge is 0.0735 e. The fraction of sp³-hybridized carbons (Fsp3) is 0.625. The first-order chi connectivity index (χ1) is 8.83. The summed E-state index contributed by atoms with van der Waals surface area (Å²) in [5.74, 6) is 0.635. The molecule has 2 aliphatic rings. The minimum absolute atomic E-state index is 0.241. The Hall–Kier alpha value is -0.860. The van der Waals surface area contributed by atoms with Crippen molar-refractivity contribution in [2.75, 3.05) is 0 Å². The quantitative estimate of drug-likeness (QED) is 0.887. The van der Waals surface area contributed by atoms with Gasteiger partial charge in [-0.05, 0) is 50.0 Å². The highest BCUT2D eigenvalue weighted by Crippen LogP contribution is 2.36. The van der Waals surface area contributed by atoms with Crippen LogP contribution in [-0.2, 0) is 4.74 Å². The lowest BCUT2D eigenvalue weighted by molar-refractivity contribution is -0.0754. The van der Waals surface area contributed by atoms with E-state index in [2.05, 4.69) is 30.3 Å². The molecule has 3 rings (SSSR count). The number of hydrogen-bond acceptors (Lipinski definition) is 2. The fourth-order valence-electron chi connectivity index (χ4n) is 3.09. The fourth-order valence-corrected chi connectivity index (χ4v) is 3.09. The molecule has 0 aliphatic heterocycles. The molecule has 18 heavy (non-hydrogen) atoms. The maximum Gasteiger partial charge on any atom is 0.0735 e. The Balaban J connectivity index is 1.64. The first kappa shape index (κ1) is 12.2. The summed E-state index contributed by atoms with van der Waals surface area (Å²) in [7, 11) is 0. The van der Waals surface area contributed by atoms with Crippen LogP contribution in [-0.4, -0.2) is 18.2 Å². The lowest BCUT2D eigenvalue weighted by Gasteiger charge is -2.38.